The molecule has 1 N–H and O–H groups in total. The van der Waals surface area contributed by atoms with Crippen LogP contribution in [0.5, 0.6) is 0 Å². The highest BCUT2D eigenvalue weighted by Gasteiger charge is 2.31. The van der Waals surface area contributed by atoms with Crippen LogP contribution in [0.3, 0.4) is 0 Å². The van der Waals surface area contributed by atoms with Crippen LogP contribution in [0.25, 0.3) is 5.69 Å². The lowest BCUT2D eigenvalue weighted by Gasteiger charge is -2.23. The molecule has 4 rings (SSSR count). The van der Waals surface area contributed by atoms with Crippen molar-refractivity contribution in [1.29, 1.82) is 0 Å². The molecule has 0 spiro atoms. The van der Waals surface area contributed by atoms with Gasteiger partial charge in [0.05, 0.1) is 27.6 Å². The van der Waals surface area contributed by atoms with Gasteiger partial charge in [0.1, 0.15) is 12.1 Å². The molecule has 1 atom stereocenters. The van der Waals surface area contributed by atoms with E-state index in [1.165, 1.54) is 0 Å². The number of benzene rings is 1. The molecule has 1 aliphatic heterocycles. The molecule has 1 aromatic carbocycles. The lowest BCUT2D eigenvalue weighted by molar-refractivity contribution is -0.116. The normalized spacial score (nSPS) is 16.6. The largest absolute Gasteiger partial charge is 0.310 e. The van der Waals surface area contributed by atoms with Gasteiger partial charge in [-0.2, -0.15) is 0 Å². The zero-order valence-corrected chi connectivity index (χ0v) is 13.9. The number of imidazole rings is 1. The number of amides is 1. The predicted octanol–water partition coefficient (Wildman–Crippen LogP) is 4.05. The van der Waals surface area contributed by atoms with E-state index in [1.54, 1.807) is 30.9 Å². The second-order valence-electron chi connectivity index (χ2n) is 5.54. The van der Waals surface area contributed by atoms with Gasteiger partial charge >= 0.3 is 0 Å². The fourth-order valence-corrected chi connectivity index (χ4v) is 3.21. The van der Waals surface area contributed by atoms with E-state index in [2.05, 4.69) is 15.3 Å². The maximum absolute atomic E-state index is 12.2. The Balaban J connectivity index is 1.82. The third kappa shape index (κ3) is 2.56. The fourth-order valence-electron chi connectivity index (χ4n) is 2.90. The Morgan fingerprint density at radius 2 is 2.08 bits per heavy atom. The van der Waals surface area contributed by atoms with Crippen LogP contribution in [0.2, 0.25) is 10.0 Å². The molecule has 0 radical (unpaired) electrons. The Kier molecular flexibility index (Phi) is 3.75. The Labute approximate surface area is 148 Å². The molecule has 1 aliphatic rings. The molecule has 1 amide bonds. The highest BCUT2D eigenvalue weighted by Crippen LogP contribution is 2.38. The molecule has 120 valence electrons. The summed E-state index contributed by atoms with van der Waals surface area (Å²) in [4.78, 5) is 20.9. The van der Waals surface area contributed by atoms with Crippen molar-refractivity contribution in [2.24, 2.45) is 0 Å². The minimum absolute atomic E-state index is 0.0655. The number of nitrogens with one attached hydrogen (secondary N) is 1. The summed E-state index contributed by atoms with van der Waals surface area (Å²) in [6, 6.07) is 9.15. The first-order valence-electron chi connectivity index (χ1n) is 7.36. The Morgan fingerprint density at radius 1 is 1.21 bits per heavy atom. The number of anilines is 1. The monoisotopic (exact) mass is 358 g/mol. The van der Waals surface area contributed by atoms with Gasteiger partial charge < -0.3 is 5.32 Å². The summed E-state index contributed by atoms with van der Waals surface area (Å²) >= 11 is 12.1. The molecular weight excluding hydrogens is 347 g/mol. The zero-order chi connectivity index (χ0) is 16.7. The van der Waals surface area contributed by atoms with Crippen molar-refractivity contribution >= 4 is 34.9 Å². The molecule has 24 heavy (non-hydrogen) atoms. The smallest absolute Gasteiger partial charge is 0.226 e. The number of carbonyl (C=O) groups excluding carboxylic acids is 1. The molecule has 0 bridgehead atoms. The second-order valence-corrected chi connectivity index (χ2v) is 6.35. The van der Waals surface area contributed by atoms with Crippen LogP contribution in [0.1, 0.15) is 23.6 Å². The Hall–Kier alpha value is -2.37. The van der Waals surface area contributed by atoms with Gasteiger partial charge in [-0.25, -0.2) is 4.98 Å². The molecule has 5 nitrogen and oxygen atoms in total. The molecular formula is C17H12Cl2N4O. The van der Waals surface area contributed by atoms with Crippen molar-refractivity contribution < 1.29 is 4.79 Å². The number of hydrogen-bond donors (Lipinski definition) is 1. The van der Waals surface area contributed by atoms with Gasteiger partial charge in [-0.15, -0.1) is 0 Å². The van der Waals surface area contributed by atoms with E-state index in [4.69, 9.17) is 23.2 Å². The summed E-state index contributed by atoms with van der Waals surface area (Å²) in [7, 11) is 0. The van der Waals surface area contributed by atoms with Crippen LogP contribution in [-0.2, 0) is 4.79 Å². The third-order valence-corrected chi connectivity index (χ3v) is 4.78. The van der Waals surface area contributed by atoms with Gasteiger partial charge in [0.15, 0.2) is 0 Å². The lowest BCUT2D eigenvalue weighted by atomic mass is 9.90. The first-order chi connectivity index (χ1) is 11.6. The van der Waals surface area contributed by atoms with Crippen molar-refractivity contribution in [2.75, 3.05) is 5.32 Å². The summed E-state index contributed by atoms with van der Waals surface area (Å²) < 4.78 is 1.82. The van der Waals surface area contributed by atoms with E-state index in [-0.39, 0.29) is 11.8 Å². The van der Waals surface area contributed by atoms with Gasteiger partial charge in [-0.05, 0) is 29.8 Å². The van der Waals surface area contributed by atoms with Gasteiger partial charge in [-0.1, -0.05) is 29.3 Å². The predicted molar refractivity (Wildman–Crippen MR) is 92.9 cm³/mol. The number of pyridine rings is 1. The van der Waals surface area contributed by atoms with Gasteiger partial charge in [0.25, 0.3) is 0 Å². The number of aromatic nitrogens is 3. The van der Waals surface area contributed by atoms with E-state index >= 15 is 0 Å². The van der Waals surface area contributed by atoms with E-state index in [1.807, 2.05) is 22.8 Å². The molecule has 0 saturated carbocycles. The van der Waals surface area contributed by atoms with Crippen molar-refractivity contribution in [2.45, 2.75) is 12.3 Å². The summed E-state index contributed by atoms with van der Waals surface area (Å²) in [5.41, 5.74) is 2.55. The maximum atomic E-state index is 12.2. The van der Waals surface area contributed by atoms with Gasteiger partial charge in [-0.3, -0.25) is 14.3 Å². The number of nitrogens with zero attached hydrogens (tertiary/aromatic N) is 3. The Bertz CT molecular complexity index is 924. The standard InChI is InChI=1S/C17H12Cl2N4O/c18-13-4-3-10(6-14(13)19)12-7-15(24)22-17-16(12)21-9-23(17)11-2-1-5-20-8-11/h1-6,8-9,12H,7H2,(H,22,24)/t12-/m0/s1. The zero-order valence-electron chi connectivity index (χ0n) is 12.4. The van der Waals surface area contributed by atoms with Crippen LogP contribution in [0, 0.1) is 0 Å². The van der Waals surface area contributed by atoms with Crippen LogP contribution < -0.4 is 5.32 Å². The van der Waals surface area contributed by atoms with Crippen molar-refractivity contribution in [3.63, 3.8) is 0 Å². The average Bonchev–Trinajstić information content (AvgIpc) is 3.01. The summed E-state index contributed by atoms with van der Waals surface area (Å²) in [6.07, 6.45) is 5.42. The SMILES string of the molecule is O=C1C[C@@H](c2ccc(Cl)c(Cl)c2)c2ncn(-c3cccnc3)c2N1. The molecule has 3 aromatic rings. The van der Waals surface area contributed by atoms with Crippen LogP contribution >= 0.6 is 23.2 Å². The lowest BCUT2D eigenvalue weighted by Crippen LogP contribution is -2.24. The highest BCUT2D eigenvalue weighted by molar-refractivity contribution is 6.42. The minimum atomic E-state index is -0.165. The highest BCUT2D eigenvalue weighted by atomic mass is 35.5. The van der Waals surface area contributed by atoms with Crippen molar-refractivity contribution in [1.82, 2.24) is 14.5 Å². The molecule has 3 heterocycles. The van der Waals surface area contributed by atoms with Crippen LogP contribution in [0.15, 0.2) is 49.1 Å². The van der Waals surface area contributed by atoms with Crippen molar-refractivity contribution in [3.8, 4) is 5.69 Å². The number of rotatable bonds is 2. The first-order valence-corrected chi connectivity index (χ1v) is 8.11. The van der Waals surface area contributed by atoms with E-state index in [9.17, 15) is 4.79 Å². The van der Waals surface area contributed by atoms with Crippen LogP contribution in [0.4, 0.5) is 5.82 Å². The number of fused-ring (bicyclic) bond motifs is 1. The van der Waals surface area contributed by atoms with E-state index < -0.39 is 0 Å². The average molecular weight is 359 g/mol. The van der Waals surface area contributed by atoms with Gasteiger partial charge in [0, 0.05) is 18.5 Å². The molecule has 0 aliphatic carbocycles. The third-order valence-electron chi connectivity index (χ3n) is 4.04. The summed E-state index contributed by atoms with van der Waals surface area (Å²) in [5, 5.41) is 3.86. The number of halogens is 2. The summed E-state index contributed by atoms with van der Waals surface area (Å²) in [6.45, 7) is 0. The second kappa shape index (κ2) is 5.92. The van der Waals surface area contributed by atoms with E-state index in [0.717, 1.165) is 16.9 Å². The first kappa shape index (κ1) is 15.2. The molecule has 7 heteroatoms. The summed E-state index contributed by atoms with van der Waals surface area (Å²) in [5.74, 6) is 0.431. The number of carbonyl (C=O) groups is 1. The van der Waals surface area contributed by atoms with Crippen molar-refractivity contribution in [3.05, 3.63) is 70.4 Å². The maximum Gasteiger partial charge on any atom is 0.226 e. The quantitative estimate of drug-likeness (QED) is 0.751. The van der Waals surface area contributed by atoms with Crippen LogP contribution in [-0.4, -0.2) is 20.4 Å². The topological polar surface area (TPSA) is 59.8 Å². The van der Waals surface area contributed by atoms with E-state index in [0.29, 0.717) is 22.3 Å². The molecule has 2 aromatic heterocycles. The van der Waals surface area contributed by atoms with Gasteiger partial charge in [0.2, 0.25) is 5.91 Å². The molecule has 0 unspecified atom stereocenters. The number of hydrogen-bond acceptors (Lipinski definition) is 3. The fraction of sp³-hybridized carbons (Fsp3) is 0.118. The molecule has 0 saturated heterocycles. The minimum Gasteiger partial charge on any atom is -0.310 e. The Morgan fingerprint density at radius 3 is 2.83 bits per heavy atom. The molecule has 0 fully saturated rings.